The molecule has 0 amide bonds. The molecule has 2 nitrogen and oxygen atoms in total. The maximum absolute atomic E-state index is 14.2. The van der Waals surface area contributed by atoms with Gasteiger partial charge in [-0.25, -0.2) is 0 Å². The highest BCUT2D eigenvalue weighted by molar-refractivity contribution is 7.62. The summed E-state index contributed by atoms with van der Waals surface area (Å²) in [6.07, 6.45) is 3.56. The van der Waals surface area contributed by atoms with Gasteiger partial charge in [-0.1, -0.05) is 74.5 Å². The first-order valence-corrected chi connectivity index (χ1v) is 12.3. The highest BCUT2D eigenvalue weighted by Gasteiger charge is 2.58. The van der Waals surface area contributed by atoms with Gasteiger partial charge < -0.3 is 4.57 Å². The number of Topliss-reactive ketones (excluding diaryl/α,β-unsaturated/α-hetero) is 1. The van der Waals surface area contributed by atoms with Gasteiger partial charge in [0.15, 0.2) is 0 Å². The van der Waals surface area contributed by atoms with Gasteiger partial charge in [0.05, 0.1) is 7.14 Å². The zero-order valence-corrected chi connectivity index (χ0v) is 17.2. The van der Waals surface area contributed by atoms with Gasteiger partial charge in [0.1, 0.15) is 5.78 Å². The lowest BCUT2D eigenvalue weighted by Crippen LogP contribution is -2.56. The van der Waals surface area contributed by atoms with Gasteiger partial charge in [-0.15, -0.1) is 0 Å². The molecule has 0 heterocycles. The van der Waals surface area contributed by atoms with E-state index in [1.54, 1.807) is 0 Å². The highest BCUT2D eigenvalue weighted by atomic mass is 31.2. The molecular weight excluding hydrogens is 351 g/mol. The van der Waals surface area contributed by atoms with Gasteiger partial charge in [-0.05, 0) is 34.8 Å². The van der Waals surface area contributed by atoms with Crippen LogP contribution >= 0.6 is 7.14 Å². The van der Waals surface area contributed by atoms with Crippen LogP contribution in [-0.2, 0) is 21.7 Å². The molecule has 2 aromatic rings. The van der Waals surface area contributed by atoms with Gasteiger partial charge in [-0.2, -0.15) is 0 Å². The summed E-state index contributed by atoms with van der Waals surface area (Å²) in [6, 6.07) is 20.3. The summed E-state index contributed by atoms with van der Waals surface area (Å²) in [5, 5.41) is 0. The summed E-state index contributed by atoms with van der Waals surface area (Å²) >= 11 is 0. The summed E-state index contributed by atoms with van der Waals surface area (Å²) < 4.78 is 14.2. The Hall–Kier alpha value is -1.66. The van der Waals surface area contributed by atoms with E-state index in [9.17, 15) is 9.36 Å². The zero-order chi connectivity index (χ0) is 19.1. The van der Waals surface area contributed by atoms with Gasteiger partial charge in [0, 0.05) is 30.8 Å². The van der Waals surface area contributed by atoms with Crippen LogP contribution < -0.4 is 0 Å². The van der Waals surface area contributed by atoms with Crippen molar-refractivity contribution in [2.24, 2.45) is 23.2 Å². The van der Waals surface area contributed by atoms with E-state index in [1.807, 2.05) is 36.4 Å². The lowest BCUT2D eigenvalue weighted by molar-refractivity contribution is -0.152. The smallest absolute Gasteiger partial charge is 0.137 e. The third-order valence-electron chi connectivity index (χ3n) is 7.05. The normalized spacial score (nSPS) is 26.4. The monoisotopic (exact) mass is 380 g/mol. The van der Waals surface area contributed by atoms with E-state index in [-0.39, 0.29) is 11.3 Å². The number of carbonyl (C=O) groups excluding carboxylic acids is 1. The van der Waals surface area contributed by atoms with Crippen molar-refractivity contribution < 1.29 is 9.36 Å². The Balaban J connectivity index is 1.61. The second-order valence-electron chi connectivity index (χ2n) is 9.17. The number of benzene rings is 2. The van der Waals surface area contributed by atoms with Gasteiger partial charge >= 0.3 is 0 Å². The first-order valence-electron chi connectivity index (χ1n) is 10.0. The number of rotatable bonds is 6. The third kappa shape index (κ3) is 3.69. The van der Waals surface area contributed by atoms with E-state index in [0.29, 0.717) is 42.5 Å². The SMILES string of the molecule is CC1(C)[C@@H]2CC(=O)C(CP(=O)(Cc3ccccc3)Cc3ccccc3)[C@H]1C2. The minimum absolute atomic E-state index is 0.0248. The Morgan fingerprint density at radius 1 is 0.926 bits per heavy atom. The van der Waals surface area contributed by atoms with E-state index in [1.165, 1.54) is 0 Å². The Morgan fingerprint density at radius 2 is 1.44 bits per heavy atom. The summed E-state index contributed by atoms with van der Waals surface area (Å²) in [5.41, 5.74) is 2.46. The number of hydrogen-bond donors (Lipinski definition) is 0. The molecule has 0 saturated heterocycles. The molecule has 5 rings (SSSR count). The third-order valence-corrected chi connectivity index (χ3v) is 9.99. The second-order valence-corrected chi connectivity index (χ2v) is 12.3. The van der Waals surface area contributed by atoms with Crippen LogP contribution in [0.25, 0.3) is 0 Å². The molecule has 2 bridgehead atoms. The molecule has 1 unspecified atom stereocenters. The Morgan fingerprint density at radius 3 is 1.93 bits per heavy atom. The molecule has 0 N–H and O–H groups in total. The molecule has 2 aromatic carbocycles. The largest absolute Gasteiger partial charge is 0.323 e. The van der Waals surface area contributed by atoms with Crippen molar-refractivity contribution in [3.05, 3.63) is 71.8 Å². The quantitative estimate of drug-likeness (QED) is 0.576. The topological polar surface area (TPSA) is 34.1 Å². The van der Waals surface area contributed by atoms with Crippen LogP contribution in [0.2, 0.25) is 0 Å². The van der Waals surface area contributed by atoms with Crippen molar-refractivity contribution in [1.29, 1.82) is 0 Å². The average molecular weight is 380 g/mol. The standard InChI is InChI=1S/C24H29O2P/c1-24(2)20-13-22(24)21(23(25)14-20)17-27(26,15-18-9-5-3-6-10-18)16-19-11-7-4-8-12-19/h3-12,20-22H,13-17H2,1-2H3/t20-,21?,22+/m0/s1. The van der Waals surface area contributed by atoms with Gasteiger partial charge in [0.2, 0.25) is 0 Å². The maximum Gasteiger partial charge on any atom is 0.137 e. The van der Waals surface area contributed by atoms with Gasteiger partial charge in [-0.3, -0.25) is 4.79 Å². The van der Waals surface area contributed by atoms with E-state index >= 15 is 0 Å². The number of hydrogen-bond acceptors (Lipinski definition) is 2. The second kappa shape index (κ2) is 7.06. The fourth-order valence-electron chi connectivity index (χ4n) is 5.31. The predicted molar refractivity (Wildman–Crippen MR) is 111 cm³/mol. The molecule has 0 radical (unpaired) electrons. The van der Waals surface area contributed by atoms with Crippen LogP contribution in [0.5, 0.6) is 0 Å². The van der Waals surface area contributed by atoms with Crippen molar-refractivity contribution in [2.75, 3.05) is 6.16 Å². The van der Waals surface area contributed by atoms with Crippen LogP contribution in [0.4, 0.5) is 0 Å². The van der Waals surface area contributed by atoms with Crippen molar-refractivity contribution in [3.8, 4) is 0 Å². The van der Waals surface area contributed by atoms with Crippen LogP contribution in [-0.4, -0.2) is 11.9 Å². The molecule has 3 aliphatic carbocycles. The molecule has 3 saturated carbocycles. The van der Waals surface area contributed by atoms with E-state index in [2.05, 4.69) is 38.1 Å². The zero-order valence-electron chi connectivity index (χ0n) is 16.3. The Kier molecular flexibility index (Phi) is 4.89. The first kappa shape index (κ1) is 18.7. The lowest BCUT2D eigenvalue weighted by atomic mass is 9.45. The number of carbonyl (C=O) groups is 1. The fourth-order valence-corrected chi connectivity index (χ4v) is 8.61. The van der Waals surface area contributed by atoms with Gasteiger partial charge in [0.25, 0.3) is 0 Å². The Labute approximate surface area is 162 Å². The molecule has 3 atom stereocenters. The summed E-state index contributed by atoms with van der Waals surface area (Å²) in [7, 11) is -2.56. The number of ketones is 1. The first-order chi connectivity index (χ1) is 12.9. The van der Waals surface area contributed by atoms with E-state index in [0.717, 1.165) is 17.5 Å². The predicted octanol–water partition coefficient (Wildman–Crippen LogP) is 6.00. The molecular formula is C24H29O2P. The highest BCUT2D eigenvalue weighted by Crippen LogP contribution is 2.64. The van der Waals surface area contributed by atoms with Crippen molar-refractivity contribution in [3.63, 3.8) is 0 Å². The van der Waals surface area contributed by atoms with E-state index < -0.39 is 7.14 Å². The number of fused-ring (bicyclic) bond motifs is 2. The van der Waals surface area contributed by atoms with Crippen molar-refractivity contribution in [1.82, 2.24) is 0 Å². The summed E-state index contributed by atoms with van der Waals surface area (Å²) in [4.78, 5) is 12.8. The molecule has 27 heavy (non-hydrogen) atoms. The summed E-state index contributed by atoms with van der Waals surface area (Å²) in [6.45, 7) is 4.59. The summed E-state index contributed by atoms with van der Waals surface area (Å²) in [5.74, 6) is 1.28. The van der Waals surface area contributed by atoms with Crippen LogP contribution in [0, 0.1) is 23.2 Å². The molecule has 0 spiro atoms. The molecule has 142 valence electrons. The average Bonchev–Trinajstić information content (AvgIpc) is 2.64. The van der Waals surface area contributed by atoms with Crippen molar-refractivity contribution >= 4 is 12.9 Å². The van der Waals surface area contributed by atoms with E-state index in [4.69, 9.17) is 0 Å². The molecule has 0 aliphatic heterocycles. The lowest BCUT2D eigenvalue weighted by Gasteiger charge is -2.59. The fraction of sp³-hybridized carbons (Fsp3) is 0.458. The molecule has 0 aromatic heterocycles. The Bertz CT molecular complexity index is 811. The van der Waals surface area contributed by atoms with Crippen LogP contribution in [0.1, 0.15) is 37.8 Å². The van der Waals surface area contributed by atoms with Crippen LogP contribution in [0.15, 0.2) is 60.7 Å². The molecule has 3 heteroatoms. The minimum atomic E-state index is -2.56. The molecule has 3 aliphatic rings. The molecule has 3 fully saturated rings. The maximum atomic E-state index is 14.2. The van der Waals surface area contributed by atoms with Crippen molar-refractivity contribution in [2.45, 2.75) is 39.0 Å². The minimum Gasteiger partial charge on any atom is -0.323 e. The van der Waals surface area contributed by atoms with Crippen LogP contribution in [0.3, 0.4) is 0 Å².